The Morgan fingerprint density at radius 3 is 2.77 bits per heavy atom. The number of ether oxygens (including phenoxy) is 3. The van der Waals surface area contributed by atoms with E-state index in [0.29, 0.717) is 37.8 Å². The van der Waals surface area contributed by atoms with E-state index in [1.807, 2.05) is 18.2 Å². The third kappa shape index (κ3) is 8.92. The summed E-state index contributed by atoms with van der Waals surface area (Å²) in [4.78, 5) is 19.3. The Hall–Kier alpha value is -3.19. The molecule has 0 atom stereocenters. The van der Waals surface area contributed by atoms with E-state index in [1.54, 1.807) is 30.2 Å². The van der Waals surface area contributed by atoms with Crippen molar-refractivity contribution in [1.82, 2.24) is 15.2 Å². The van der Waals surface area contributed by atoms with Crippen LogP contribution in [0.15, 0.2) is 47.3 Å². The Morgan fingerprint density at radius 2 is 2.03 bits per heavy atom. The van der Waals surface area contributed by atoms with Gasteiger partial charge in [-0.05, 0) is 35.7 Å². The van der Waals surface area contributed by atoms with Gasteiger partial charge in [0.05, 0.1) is 25.5 Å². The molecule has 12 heteroatoms. The van der Waals surface area contributed by atoms with Crippen LogP contribution in [0, 0.1) is 0 Å². The van der Waals surface area contributed by atoms with Crippen LogP contribution >= 0.6 is 23.1 Å². The van der Waals surface area contributed by atoms with Crippen LogP contribution in [0.3, 0.4) is 0 Å². The molecule has 1 aromatic carbocycles. The summed E-state index contributed by atoms with van der Waals surface area (Å²) in [6.07, 6.45) is 1.87. The van der Waals surface area contributed by atoms with Crippen molar-refractivity contribution in [2.75, 3.05) is 55.6 Å². The maximum atomic E-state index is 12.1. The molecule has 3 aromatic rings. The van der Waals surface area contributed by atoms with Gasteiger partial charge < -0.3 is 24.4 Å². The number of pyridine rings is 1. The quantitative estimate of drug-likeness (QED) is 0.212. The molecule has 208 valence electrons. The average Bonchev–Trinajstić information content (AvgIpc) is 3.43. The maximum absolute atomic E-state index is 12.1. The van der Waals surface area contributed by atoms with Gasteiger partial charge in [-0.25, -0.2) is 9.78 Å². The summed E-state index contributed by atoms with van der Waals surface area (Å²) in [5.74, 6) is 1.47. The Bertz CT molecular complexity index is 1250. The highest BCUT2D eigenvalue weighted by Gasteiger charge is 2.15. The number of aryl methyl sites for hydroxylation is 1. The lowest BCUT2D eigenvalue weighted by Crippen LogP contribution is -2.36. The molecule has 0 unspecified atom stereocenters. The van der Waals surface area contributed by atoms with E-state index in [1.165, 1.54) is 6.08 Å². The number of methoxy groups -OCH3 is 1. The normalized spacial score (nSPS) is 13.2. The van der Waals surface area contributed by atoms with Gasteiger partial charge in [-0.3, -0.25) is 5.32 Å². The fourth-order valence-corrected chi connectivity index (χ4v) is 5.71. The second-order valence-corrected chi connectivity index (χ2v) is 11.0. The van der Waals surface area contributed by atoms with Crippen molar-refractivity contribution in [2.45, 2.75) is 36.6 Å². The number of hydrogen-bond donors (Lipinski definition) is 2. The molecule has 0 aliphatic carbocycles. The number of carbonyl (C=O) groups excluding carboxylic acids is 1. The predicted octanol–water partition coefficient (Wildman–Crippen LogP) is 5.12. The van der Waals surface area contributed by atoms with Crippen LogP contribution in [0.4, 0.5) is 22.0 Å². The van der Waals surface area contributed by atoms with Gasteiger partial charge in [-0.2, -0.15) is 0 Å². The Kier molecular flexibility index (Phi) is 11.0. The lowest BCUT2D eigenvalue weighted by Gasteiger charge is -2.29. The van der Waals surface area contributed by atoms with Crippen LogP contribution in [0.2, 0.25) is 0 Å². The third-order valence-corrected chi connectivity index (χ3v) is 7.98. The largest absolute Gasteiger partial charge is 0.445 e. The van der Waals surface area contributed by atoms with E-state index in [9.17, 15) is 4.79 Å². The van der Waals surface area contributed by atoms with Crippen LogP contribution in [-0.2, 0) is 39.5 Å². The number of nitrogens with zero attached hydrogens (tertiary/aromatic N) is 4. The van der Waals surface area contributed by atoms with Gasteiger partial charge >= 0.3 is 6.09 Å². The fraction of sp³-hybridized carbons (Fsp3) is 0.407. The minimum atomic E-state index is -0.535. The summed E-state index contributed by atoms with van der Waals surface area (Å²) >= 11 is 3.28. The monoisotopic (exact) mass is 570 g/mol. The van der Waals surface area contributed by atoms with Crippen molar-refractivity contribution in [2.24, 2.45) is 0 Å². The smallest absolute Gasteiger partial charge is 0.411 e. The van der Waals surface area contributed by atoms with Gasteiger partial charge in [0, 0.05) is 49.9 Å². The van der Waals surface area contributed by atoms with E-state index in [-0.39, 0.29) is 6.61 Å². The number of anilines is 3. The number of thioether (sulfide) groups is 1. The molecule has 0 bridgehead atoms. The minimum absolute atomic E-state index is 0.141. The van der Waals surface area contributed by atoms with Gasteiger partial charge in [0.2, 0.25) is 0 Å². The number of nitrogens with one attached hydrogen (secondary N) is 2. The molecule has 10 nitrogen and oxygen atoms in total. The molecular weight excluding hydrogens is 536 g/mol. The molecule has 1 aliphatic rings. The number of amides is 1. The van der Waals surface area contributed by atoms with Crippen molar-refractivity contribution in [3.05, 3.63) is 64.8 Å². The molecule has 0 saturated carbocycles. The first kappa shape index (κ1) is 28.8. The zero-order chi connectivity index (χ0) is 27.5. The van der Waals surface area contributed by atoms with E-state index >= 15 is 0 Å². The third-order valence-electron chi connectivity index (χ3n) is 5.75. The summed E-state index contributed by atoms with van der Waals surface area (Å²) in [7, 11) is 1.64. The summed E-state index contributed by atoms with van der Waals surface area (Å²) < 4.78 is 16.9. The van der Waals surface area contributed by atoms with Crippen molar-refractivity contribution < 1.29 is 19.0 Å². The molecule has 2 N–H and O–H groups in total. The number of benzene rings is 1. The molecule has 39 heavy (non-hydrogen) atoms. The number of carbonyl (C=O) groups is 1. The van der Waals surface area contributed by atoms with Gasteiger partial charge in [0.25, 0.3) is 0 Å². The first-order valence-corrected chi connectivity index (χ1v) is 14.6. The highest BCUT2D eigenvalue weighted by molar-refractivity contribution is 8.00. The molecule has 1 aliphatic heterocycles. The Labute approximate surface area is 237 Å². The second kappa shape index (κ2) is 14.8. The molecule has 2 aromatic heterocycles. The molecule has 0 radical (unpaired) electrons. The summed E-state index contributed by atoms with van der Waals surface area (Å²) in [5, 5.41) is 15.8. The molecule has 1 fully saturated rings. The van der Waals surface area contributed by atoms with Gasteiger partial charge in [0.1, 0.15) is 17.4 Å². The average molecular weight is 571 g/mol. The van der Waals surface area contributed by atoms with Gasteiger partial charge in [-0.15, -0.1) is 10.2 Å². The van der Waals surface area contributed by atoms with E-state index < -0.39 is 6.09 Å². The first-order chi connectivity index (χ1) is 19.1. The van der Waals surface area contributed by atoms with E-state index in [4.69, 9.17) is 19.2 Å². The van der Waals surface area contributed by atoms with Crippen molar-refractivity contribution >= 4 is 46.4 Å². The number of aromatic nitrogens is 3. The maximum Gasteiger partial charge on any atom is 0.411 e. The topological polar surface area (TPSA) is 111 Å². The van der Waals surface area contributed by atoms with E-state index in [2.05, 4.69) is 51.4 Å². The summed E-state index contributed by atoms with van der Waals surface area (Å²) in [5.41, 5.74) is 4.61. The number of morpholine rings is 1. The van der Waals surface area contributed by atoms with Crippen LogP contribution in [-0.4, -0.2) is 61.3 Å². The van der Waals surface area contributed by atoms with Gasteiger partial charge in [-0.1, -0.05) is 48.7 Å². The zero-order valence-corrected chi connectivity index (χ0v) is 23.9. The Morgan fingerprint density at radius 1 is 1.21 bits per heavy atom. The summed E-state index contributed by atoms with van der Waals surface area (Å²) in [6.45, 7) is 9.80. The van der Waals surface area contributed by atoms with E-state index in [0.717, 1.165) is 57.2 Å². The van der Waals surface area contributed by atoms with Crippen LogP contribution in [0.5, 0.6) is 0 Å². The molecular formula is C27H34N6O4S2. The second-order valence-electron chi connectivity index (χ2n) is 8.74. The highest BCUT2D eigenvalue weighted by atomic mass is 32.2. The predicted molar refractivity (Wildman–Crippen MR) is 156 cm³/mol. The summed E-state index contributed by atoms with van der Waals surface area (Å²) in [6, 6.07) is 10.0. The van der Waals surface area contributed by atoms with Crippen molar-refractivity contribution in [3.63, 3.8) is 0 Å². The van der Waals surface area contributed by atoms with Crippen LogP contribution < -0.4 is 15.5 Å². The van der Waals surface area contributed by atoms with Gasteiger partial charge in [0.15, 0.2) is 4.34 Å². The molecule has 0 spiro atoms. The molecule has 1 saturated heterocycles. The zero-order valence-electron chi connectivity index (χ0n) is 22.3. The number of hydrogen-bond acceptors (Lipinski definition) is 11. The van der Waals surface area contributed by atoms with Crippen LogP contribution in [0.1, 0.15) is 28.8 Å². The lowest BCUT2D eigenvalue weighted by atomic mass is 10.1. The van der Waals surface area contributed by atoms with Crippen LogP contribution in [0.25, 0.3) is 0 Å². The number of rotatable bonds is 13. The molecule has 1 amide bonds. The first-order valence-electron chi connectivity index (χ1n) is 12.8. The highest BCUT2D eigenvalue weighted by Crippen LogP contribution is 2.29. The Balaban J connectivity index is 1.51. The minimum Gasteiger partial charge on any atom is -0.445 e. The van der Waals surface area contributed by atoms with Crippen molar-refractivity contribution in [1.29, 1.82) is 0 Å². The van der Waals surface area contributed by atoms with Crippen molar-refractivity contribution in [3.8, 4) is 0 Å². The molecule has 4 rings (SSSR count). The lowest BCUT2D eigenvalue weighted by molar-refractivity contribution is 0.122. The molecule has 3 heterocycles. The fourth-order valence-electron chi connectivity index (χ4n) is 3.98. The standard InChI is InChI=1S/C27H34N6O4S2/c1-4-8-37-26(34)30-21-12-19(11-20(13-21)17-35-3)16-28-24-15-23(33-6-9-36-10-7-33)14-22(29-24)18-38-27-32-31-25(5-2)39-27/h4,11-15H,1,5-10,16-18H2,2-3H3,(H,28,29)(H,30,34). The SMILES string of the molecule is C=CCOC(=O)Nc1cc(CNc2cc(N3CCOCC3)cc(CSc3nnc(CC)s3)n2)cc(COC)c1.